The van der Waals surface area contributed by atoms with Crippen LogP contribution in [0.15, 0.2) is 41.0 Å². The molecule has 1 aromatic carbocycles. The number of benzene rings is 1. The van der Waals surface area contributed by atoms with Crippen LogP contribution in [0.5, 0.6) is 0 Å². The highest BCUT2D eigenvalue weighted by atomic mass is 16.3. The standard InChI is InChI=1S/C17H20N2O2/c1-12(4-7-16-3-2-8-21-16)19-17(20)13-5-6-14-10-18-11-15(14)9-13/h2-3,5-6,8-9,12,18H,4,7,10-11H2,1H3,(H,19,20). The Morgan fingerprint density at radius 3 is 3.00 bits per heavy atom. The molecule has 110 valence electrons. The Labute approximate surface area is 124 Å². The molecule has 3 rings (SSSR count). The van der Waals surface area contributed by atoms with Crippen LogP contribution in [0.2, 0.25) is 0 Å². The van der Waals surface area contributed by atoms with Gasteiger partial charge in [-0.15, -0.1) is 0 Å². The number of nitrogens with one attached hydrogen (secondary N) is 2. The van der Waals surface area contributed by atoms with Crippen LogP contribution < -0.4 is 10.6 Å². The first-order valence-electron chi connectivity index (χ1n) is 7.38. The van der Waals surface area contributed by atoms with Crippen LogP contribution in [0.4, 0.5) is 0 Å². The first kappa shape index (κ1) is 13.9. The fourth-order valence-corrected chi connectivity index (χ4v) is 2.63. The third-order valence-corrected chi connectivity index (χ3v) is 3.88. The van der Waals surface area contributed by atoms with E-state index in [2.05, 4.69) is 10.6 Å². The molecule has 1 amide bonds. The van der Waals surface area contributed by atoms with Crippen molar-refractivity contribution in [2.45, 2.75) is 38.9 Å². The quantitative estimate of drug-likeness (QED) is 0.887. The Bertz CT molecular complexity index is 620. The van der Waals surface area contributed by atoms with Crippen LogP contribution in [-0.4, -0.2) is 11.9 Å². The summed E-state index contributed by atoms with van der Waals surface area (Å²) in [7, 11) is 0. The van der Waals surface area contributed by atoms with Crippen LogP contribution in [0.1, 0.15) is 40.6 Å². The molecule has 1 aliphatic rings. The van der Waals surface area contributed by atoms with E-state index in [-0.39, 0.29) is 11.9 Å². The molecule has 0 spiro atoms. The number of hydrogen-bond acceptors (Lipinski definition) is 3. The molecule has 2 aromatic rings. The lowest BCUT2D eigenvalue weighted by molar-refractivity contribution is 0.0938. The molecule has 21 heavy (non-hydrogen) atoms. The lowest BCUT2D eigenvalue weighted by Crippen LogP contribution is -2.32. The predicted octanol–water partition coefficient (Wildman–Crippen LogP) is 2.63. The Balaban J connectivity index is 1.55. The van der Waals surface area contributed by atoms with Crippen LogP contribution in [0, 0.1) is 0 Å². The molecule has 0 saturated heterocycles. The second-order valence-corrected chi connectivity index (χ2v) is 5.58. The van der Waals surface area contributed by atoms with E-state index >= 15 is 0 Å². The van der Waals surface area contributed by atoms with Gasteiger partial charge < -0.3 is 15.1 Å². The monoisotopic (exact) mass is 284 g/mol. The van der Waals surface area contributed by atoms with Gasteiger partial charge in [-0.1, -0.05) is 6.07 Å². The van der Waals surface area contributed by atoms with Gasteiger partial charge in [-0.2, -0.15) is 0 Å². The molecular weight excluding hydrogens is 264 g/mol. The van der Waals surface area contributed by atoms with E-state index < -0.39 is 0 Å². The molecule has 4 nitrogen and oxygen atoms in total. The van der Waals surface area contributed by atoms with Gasteiger partial charge >= 0.3 is 0 Å². The lowest BCUT2D eigenvalue weighted by Gasteiger charge is -2.13. The highest BCUT2D eigenvalue weighted by Crippen LogP contribution is 2.17. The molecule has 1 unspecified atom stereocenters. The smallest absolute Gasteiger partial charge is 0.251 e. The number of rotatable bonds is 5. The van der Waals surface area contributed by atoms with E-state index in [4.69, 9.17) is 4.42 Å². The van der Waals surface area contributed by atoms with Crippen molar-refractivity contribution < 1.29 is 9.21 Å². The van der Waals surface area contributed by atoms with E-state index in [1.165, 1.54) is 11.1 Å². The number of carbonyl (C=O) groups is 1. The summed E-state index contributed by atoms with van der Waals surface area (Å²) in [4.78, 5) is 12.3. The van der Waals surface area contributed by atoms with Crippen molar-refractivity contribution in [3.63, 3.8) is 0 Å². The molecule has 0 radical (unpaired) electrons. The van der Waals surface area contributed by atoms with Gasteiger partial charge in [-0.25, -0.2) is 0 Å². The first-order chi connectivity index (χ1) is 10.2. The van der Waals surface area contributed by atoms with Gasteiger partial charge in [-0.05, 0) is 48.7 Å². The maximum Gasteiger partial charge on any atom is 0.251 e. The number of amides is 1. The molecule has 1 aliphatic heterocycles. The molecule has 2 heterocycles. The van der Waals surface area contributed by atoms with Crippen molar-refractivity contribution in [1.29, 1.82) is 0 Å². The van der Waals surface area contributed by atoms with Gasteiger partial charge in [-0.3, -0.25) is 4.79 Å². The minimum Gasteiger partial charge on any atom is -0.469 e. The third kappa shape index (κ3) is 3.34. The number of aryl methyl sites for hydroxylation is 1. The maximum absolute atomic E-state index is 12.3. The zero-order chi connectivity index (χ0) is 14.7. The second kappa shape index (κ2) is 6.14. The van der Waals surface area contributed by atoms with E-state index in [0.717, 1.165) is 37.3 Å². The van der Waals surface area contributed by atoms with Crippen molar-refractivity contribution in [2.75, 3.05) is 0 Å². The molecule has 1 aromatic heterocycles. The Morgan fingerprint density at radius 1 is 1.33 bits per heavy atom. The highest BCUT2D eigenvalue weighted by Gasteiger charge is 2.15. The van der Waals surface area contributed by atoms with Crippen molar-refractivity contribution in [1.82, 2.24) is 10.6 Å². The topological polar surface area (TPSA) is 54.3 Å². The first-order valence-corrected chi connectivity index (χ1v) is 7.38. The van der Waals surface area contributed by atoms with Crippen LogP contribution >= 0.6 is 0 Å². The summed E-state index contributed by atoms with van der Waals surface area (Å²) in [6.45, 7) is 3.77. The van der Waals surface area contributed by atoms with Gasteiger partial charge in [0, 0.05) is 31.1 Å². The normalized spacial score (nSPS) is 14.7. The summed E-state index contributed by atoms with van der Waals surface area (Å²) in [6, 6.07) is 9.90. The fourth-order valence-electron chi connectivity index (χ4n) is 2.63. The van der Waals surface area contributed by atoms with Crippen LogP contribution in [0.25, 0.3) is 0 Å². The predicted molar refractivity (Wildman–Crippen MR) is 80.9 cm³/mol. The van der Waals surface area contributed by atoms with Gasteiger partial charge in [0.05, 0.1) is 6.26 Å². The van der Waals surface area contributed by atoms with Gasteiger partial charge in [0.15, 0.2) is 0 Å². The number of fused-ring (bicyclic) bond motifs is 1. The zero-order valence-corrected chi connectivity index (χ0v) is 12.2. The Hall–Kier alpha value is -2.07. The molecule has 4 heteroatoms. The van der Waals surface area contributed by atoms with E-state index in [1.807, 2.05) is 37.3 Å². The molecule has 0 bridgehead atoms. The minimum absolute atomic E-state index is 0.00311. The molecule has 1 atom stereocenters. The Morgan fingerprint density at radius 2 is 2.19 bits per heavy atom. The molecule has 0 saturated carbocycles. The van der Waals surface area contributed by atoms with Crippen LogP contribution in [0.3, 0.4) is 0 Å². The van der Waals surface area contributed by atoms with E-state index in [0.29, 0.717) is 0 Å². The lowest BCUT2D eigenvalue weighted by atomic mass is 10.1. The summed E-state index contributed by atoms with van der Waals surface area (Å²) >= 11 is 0. The average Bonchev–Trinajstić information content (AvgIpc) is 3.15. The average molecular weight is 284 g/mol. The zero-order valence-electron chi connectivity index (χ0n) is 12.2. The van der Waals surface area contributed by atoms with Gasteiger partial charge in [0.1, 0.15) is 5.76 Å². The van der Waals surface area contributed by atoms with Gasteiger partial charge in [0.2, 0.25) is 0 Å². The molecule has 2 N–H and O–H groups in total. The van der Waals surface area contributed by atoms with Crippen LogP contribution in [-0.2, 0) is 19.5 Å². The van der Waals surface area contributed by atoms with E-state index in [9.17, 15) is 4.79 Å². The second-order valence-electron chi connectivity index (χ2n) is 5.58. The highest BCUT2D eigenvalue weighted by molar-refractivity contribution is 5.94. The third-order valence-electron chi connectivity index (χ3n) is 3.88. The fraction of sp³-hybridized carbons (Fsp3) is 0.353. The maximum atomic E-state index is 12.3. The number of hydrogen-bond donors (Lipinski definition) is 2. The molecule has 0 fully saturated rings. The molecular formula is C17H20N2O2. The summed E-state index contributed by atoms with van der Waals surface area (Å²) in [5.41, 5.74) is 3.26. The van der Waals surface area contributed by atoms with Crippen molar-refractivity contribution in [3.8, 4) is 0 Å². The SMILES string of the molecule is CC(CCc1ccco1)NC(=O)c1ccc2c(c1)CNC2. The summed E-state index contributed by atoms with van der Waals surface area (Å²) < 4.78 is 5.30. The summed E-state index contributed by atoms with van der Waals surface area (Å²) in [5, 5.41) is 6.34. The number of carbonyl (C=O) groups excluding carboxylic acids is 1. The summed E-state index contributed by atoms with van der Waals surface area (Å²) in [5.74, 6) is 0.955. The number of furan rings is 1. The van der Waals surface area contributed by atoms with Gasteiger partial charge in [0.25, 0.3) is 5.91 Å². The van der Waals surface area contributed by atoms with Crippen molar-refractivity contribution >= 4 is 5.91 Å². The summed E-state index contributed by atoms with van der Waals surface area (Å²) in [6.07, 6.45) is 3.38. The van der Waals surface area contributed by atoms with Crippen molar-refractivity contribution in [3.05, 3.63) is 59.0 Å². The van der Waals surface area contributed by atoms with E-state index in [1.54, 1.807) is 6.26 Å². The van der Waals surface area contributed by atoms with Crippen molar-refractivity contribution in [2.24, 2.45) is 0 Å². The largest absolute Gasteiger partial charge is 0.469 e. The minimum atomic E-state index is -0.00311. The molecule has 0 aliphatic carbocycles. The Kier molecular flexibility index (Phi) is 4.06.